The van der Waals surface area contributed by atoms with Crippen LogP contribution in [0.3, 0.4) is 0 Å². The first-order valence-corrected chi connectivity index (χ1v) is 7.86. The minimum atomic E-state index is 0.138. The van der Waals surface area contributed by atoms with Gasteiger partial charge in [-0.1, -0.05) is 37.1 Å². The van der Waals surface area contributed by atoms with E-state index in [2.05, 4.69) is 30.3 Å². The summed E-state index contributed by atoms with van der Waals surface area (Å²) in [6.07, 6.45) is 9.91. The zero-order chi connectivity index (χ0) is 13.7. The number of amides is 1. The molecular formula is C18H21NO. The van der Waals surface area contributed by atoms with Crippen molar-refractivity contribution in [2.75, 3.05) is 4.90 Å². The number of hydrogen-bond donors (Lipinski definition) is 0. The predicted molar refractivity (Wildman–Crippen MR) is 80.6 cm³/mol. The molecule has 1 aromatic rings. The van der Waals surface area contributed by atoms with E-state index in [4.69, 9.17) is 0 Å². The average molecular weight is 267 g/mol. The highest BCUT2D eigenvalue weighted by Gasteiger charge is 2.54. The molecule has 3 aliphatic rings. The SMILES string of the molecule is CC(=O)N1C2=CCC[C@@H]3CCCC[C@@]23c2ccccc21. The van der Waals surface area contributed by atoms with Gasteiger partial charge in [0.2, 0.25) is 5.91 Å². The quantitative estimate of drug-likeness (QED) is 0.691. The molecule has 20 heavy (non-hydrogen) atoms. The first kappa shape index (κ1) is 12.2. The van der Waals surface area contributed by atoms with Gasteiger partial charge in [0.1, 0.15) is 0 Å². The topological polar surface area (TPSA) is 20.3 Å². The van der Waals surface area contributed by atoms with Gasteiger partial charge in [0.15, 0.2) is 0 Å². The summed E-state index contributed by atoms with van der Waals surface area (Å²) in [4.78, 5) is 14.2. The average Bonchev–Trinajstić information content (AvgIpc) is 2.76. The van der Waals surface area contributed by atoms with E-state index in [9.17, 15) is 4.79 Å². The molecule has 0 bridgehead atoms. The van der Waals surface area contributed by atoms with Crippen molar-refractivity contribution in [3.05, 3.63) is 41.6 Å². The number of fused-ring (bicyclic) bond motifs is 1. The highest BCUT2D eigenvalue weighted by atomic mass is 16.2. The second-order valence-electron chi connectivity index (χ2n) is 6.45. The zero-order valence-electron chi connectivity index (χ0n) is 12.1. The normalized spacial score (nSPS) is 31.1. The van der Waals surface area contributed by atoms with Crippen LogP contribution in [0.4, 0.5) is 5.69 Å². The molecule has 2 atom stereocenters. The van der Waals surface area contributed by atoms with E-state index in [1.807, 2.05) is 4.90 Å². The van der Waals surface area contributed by atoms with Crippen molar-refractivity contribution in [3.63, 3.8) is 0 Å². The summed E-state index contributed by atoms with van der Waals surface area (Å²) in [6, 6.07) is 8.57. The van der Waals surface area contributed by atoms with Crippen LogP contribution >= 0.6 is 0 Å². The third-order valence-electron chi connectivity index (χ3n) is 5.56. The molecule has 1 fully saturated rings. The van der Waals surface area contributed by atoms with Crippen LogP contribution in [0.5, 0.6) is 0 Å². The molecule has 2 heteroatoms. The molecule has 0 radical (unpaired) electrons. The third-order valence-corrected chi connectivity index (χ3v) is 5.56. The van der Waals surface area contributed by atoms with E-state index < -0.39 is 0 Å². The maximum atomic E-state index is 12.2. The van der Waals surface area contributed by atoms with Crippen LogP contribution in [-0.2, 0) is 10.2 Å². The molecule has 0 unspecified atom stereocenters. The molecule has 104 valence electrons. The molecule has 0 saturated heterocycles. The van der Waals surface area contributed by atoms with E-state index in [0.717, 1.165) is 18.0 Å². The Labute approximate surface area is 120 Å². The minimum absolute atomic E-state index is 0.138. The van der Waals surface area contributed by atoms with Crippen molar-refractivity contribution >= 4 is 11.6 Å². The van der Waals surface area contributed by atoms with Crippen molar-refractivity contribution < 1.29 is 4.79 Å². The van der Waals surface area contributed by atoms with Gasteiger partial charge in [-0.3, -0.25) is 9.69 Å². The number of nitrogens with zero attached hydrogens (tertiary/aromatic N) is 1. The van der Waals surface area contributed by atoms with Gasteiger partial charge in [0.05, 0.1) is 5.69 Å². The highest BCUT2D eigenvalue weighted by molar-refractivity contribution is 5.99. The fraction of sp³-hybridized carbons (Fsp3) is 0.500. The van der Waals surface area contributed by atoms with Gasteiger partial charge >= 0.3 is 0 Å². The summed E-state index contributed by atoms with van der Waals surface area (Å²) < 4.78 is 0. The summed E-state index contributed by atoms with van der Waals surface area (Å²) >= 11 is 0. The minimum Gasteiger partial charge on any atom is -0.284 e. The van der Waals surface area contributed by atoms with Crippen molar-refractivity contribution in [3.8, 4) is 0 Å². The molecule has 1 heterocycles. The number of hydrogen-bond acceptors (Lipinski definition) is 1. The lowest BCUT2D eigenvalue weighted by atomic mass is 9.58. The van der Waals surface area contributed by atoms with E-state index in [1.165, 1.54) is 43.4 Å². The summed E-state index contributed by atoms with van der Waals surface area (Å²) in [7, 11) is 0. The Morgan fingerprint density at radius 2 is 2.10 bits per heavy atom. The van der Waals surface area contributed by atoms with Gasteiger partial charge < -0.3 is 0 Å². The Balaban J connectivity index is 1.99. The van der Waals surface area contributed by atoms with Gasteiger partial charge in [-0.15, -0.1) is 0 Å². The van der Waals surface area contributed by atoms with Crippen LogP contribution in [0.1, 0.15) is 51.0 Å². The Morgan fingerprint density at radius 3 is 2.95 bits per heavy atom. The summed E-state index contributed by atoms with van der Waals surface area (Å²) in [6.45, 7) is 1.70. The molecular weight excluding hydrogens is 246 g/mol. The van der Waals surface area contributed by atoms with E-state index >= 15 is 0 Å². The number of anilines is 1. The Hall–Kier alpha value is -1.57. The monoisotopic (exact) mass is 267 g/mol. The summed E-state index contributed by atoms with van der Waals surface area (Å²) in [5.74, 6) is 0.883. The largest absolute Gasteiger partial charge is 0.284 e. The maximum absolute atomic E-state index is 12.2. The lowest BCUT2D eigenvalue weighted by molar-refractivity contribution is -0.116. The zero-order valence-corrected chi connectivity index (χ0v) is 12.1. The van der Waals surface area contributed by atoms with Gasteiger partial charge in [0, 0.05) is 18.0 Å². The Bertz CT molecular complexity index is 603. The number of rotatable bonds is 0. The van der Waals surface area contributed by atoms with Crippen LogP contribution in [-0.4, -0.2) is 5.91 Å². The number of para-hydroxylation sites is 1. The number of benzene rings is 1. The standard InChI is InChI=1S/C18H21NO/c1-13(20)19-16-10-3-2-9-15(16)18-12-5-4-7-14(18)8-6-11-17(18)19/h2-3,9-11,14H,4-8,12H2,1H3/t14-,18+/m0/s1. The number of carbonyl (C=O) groups is 1. The number of allylic oxidation sites excluding steroid dienone is 2. The summed E-state index contributed by atoms with van der Waals surface area (Å²) in [5.41, 5.74) is 3.98. The smallest absolute Gasteiger partial charge is 0.228 e. The molecule has 1 spiro atoms. The molecule has 4 rings (SSSR count). The summed E-state index contributed by atoms with van der Waals surface area (Å²) in [5, 5.41) is 0. The first-order valence-electron chi connectivity index (χ1n) is 7.86. The van der Waals surface area contributed by atoms with Gasteiger partial charge in [-0.05, 0) is 43.2 Å². The van der Waals surface area contributed by atoms with E-state index in [-0.39, 0.29) is 11.3 Å². The van der Waals surface area contributed by atoms with Crippen LogP contribution in [0, 0.1) is 5.92 Å². The molecule has 2 nitrogen and oxygen atoms in total. The highest BCUT2D eigenvalue weighted by Crippen LogP contribution is 2.60. The fourth-order valence-corrected chi connectivity index (χ4v) is 4.87. The van der Waals surface area contributed by atoms with Crippen LogP contribution in [0.15, 0.2) is 36.0 Å². The predicted octanol–water partition coefficient (Wildman–Crippen LogP) is 4.16. The van der Waals surface area contributed by atoms with Crippen LogP contribution in [0.2, 0.25) is 0 Å². The molecule has 0 aromatic heterocycles. The first-order chi connectivity index (χ1) is 9.75. The van der Waals surface area contributed by atoms with Gasteiger partial charge in [0.25, 0.3) is 0 Å². The second-order valence-corrected chi connectivity index (χ2v) is 6.45. The van der Waals surface area contributed by atoms with Crippen LogP contribution < -0.4 is 4.90 Å². The lowest BCUT2D eigenvalue weighted by Gasteiger charge is -2.46. The van der Waals surface area contributed by atoms with E-state index in [0.29, 0.717) is 0 Å². The fourth-order valence-electron chi connectivity index (χ4n) is 4.87. The van der Waals surface area contributed by atoms with Crippen molar-refractivity contribution in [2.45, 2.75) is 50.9 Å². The van der Waals surface area contributed by atoms with Gasteiger partial charge in [-0.2, -0.15) is 0 Å². The van der Waals surface area contributed by atoms with Crippen molar-refractivity contribution in [1.29, 1.82) is 0 Å². The molecule has 0 N–H and O–H groups in total. The Kier molecular flexibility index (Phi) is 2.57. The molecule has 1 saturated carbocycles. The molecule has 1 aliphatic heterocycles. The van der Waals surface area contributed by atoms with E-state index in [1.54, 1.807) is 6.92 Å². The number of carbonyl (C=O) groups excluding carboxylic acids is 1. The molecule has 2 aliphatic carbocycles. The van der Waals surface area contributed by atoms with Crippen molar-refractivity contribution in [2.24, 2.45) is 5.92 Å². The maximum Gasteiger partial charge on any atom is 0.228 e. The Morgan fingerprint density at radius 1 is 1.25 bits per heavy atom. The van der Waals surface area contributed by atoms with Gasteiger partial charge in [-0.25, -0.2) is 0 Å². The lowest BCUT2D eigenvalue weighted by Crippen LogP contribution is -2.43. The second kappa shape index (κ2) is 4.21. The van der Waals surface area contributed by atoms with Crippen LogP contribution in [0.25, 0.3) is 0 Å². The third kappa shape index (κ3) is 1.37. The van der Waals surface area contributed by atoms with Crippen molar-refractivity contribution in [1.82, 2.24) is 0 Å². The molecule has 1 aromatic carbocycles. The molecule has 1 amide bonds.